The zero-order chi connectivity index (χ0) is 18.8. The van der Waals surface area contributed by atoms with Gasteiger partial charge in [0.2, 0.25) is 0 Å². The maximum Gasteiger partial charge on any atom is 0.338 e. The van der Waals surface area contributed by atoms with Crippen molar-refractivity contribution >= 4 is 16.9 Å². The van der Waals surface area contributed by atoms with Gasteiger partial charge >= 0.3 is 5.97 Å². The van der Waals surface area contributed by atoms with Crippen LogP contribution in [0, 0.1) is 6.92 Å². The molecule has 0 aliphatic heterocycles. The Balaban J connectivity index is 1.55. The van der Waals surface area contributed by atoms with Crippen LogP contribution >= 0.6 is 0 Å². The first-order valence-electron chi connectivity index (χ1n) is 8.11. The van der Waals surface area contributed by atoms with Gasteiger partial charge in [-0.3, -0.25) is 4.79 Å². The minimum absolute atomic E-state index is 0.145. The number of aromatic amines is 1. The van der Waals surface area contributed by atoms with E-state index in [4.69, 9.17) is 4.74 Å². The number of carbonyl (C=O) groups is 1. The van der Waals surface area contributed by atoms with Gasteiger partial charge < -0.3 is 9.72 Å². The number of nitrogens with one attached hydrogen (secondary N) is 1. The highest BCUT2D eigenvalue weighted by molar-refractivity contribution is 5.90. The molecule has 0 amide bonds. The van der Waals surface area contributed by atoms with Gasteiger partial charge in [0.1, 0.15) is 18.8 Å². The Labute approximate surface area is 152 Å². The van der Waals surface area contributed by atoms with E-state index < -0.39 is 5.97 Å². The first-order valence-corrected chi connectivity index (χ1v) is 8.11. The minimum Gasteiger partial charge on any atom is -0.454 e. The highest BCUT2D eigenvalue weighted by atomic mass is 16.5. The molecule has 2 aromatic heterocycles. The van der Waals surface area contributed by atoms with Crippen LogP contribution in [-0.4, -0.2) is 36.1 Å². The summed E-state index contributed by atoms with van der Waals surface area (Å²) in [6.45, 7) is 1.72. The molecule has 27 heavy (non-hydrogen) atoms. The summed E-state index contributed by atoms with van der Waals surface area (Å²) < 4.78 is 6.73. The highest BCUT2D eigenvalue weighted by Crippen LogP contribution is 2.13. The molecule has 2 aromatic carbocycles. The second kappa shape index (κ2) is 6.79. The van der Waals surface area contributed by atoms with Gasteiger partial charge in [-0.2, -0.15) is 0 Å². The van der Waals surface area contributed by atoms with Crippen molar-refractivity contribution in [2.24, 2.45) is 0 Å². The van der Waals surface area contributed by atoms with Gasteiger partial charge in [0.25, 0.3) is 5.56 Å². The molecule has 4 aromatic rings. The zero-order valence-electron chi connectivity index (χ0n) is 14.3. The largest absolute Gasteiger partial charge is 0.454 e. The molecule has 0 saturated heterocycles. The molecule has 4 rings (SSSR count). The monoisotopic (exact) mass is 362 g/mol. The van der Waals surface area contributed by atoms with Gasteiger partial charge in [-0.1, -0.05) is 18.2 Å². The Morgan fingerprint density at radius 3 is 2.89 bits per heavy atom. The van der Waals surface area contributed by atoms with E-state index in [1.54, 1.807) is 36.4 Å². The summed E-state index contributed by atoms with van der Waals surface area (Å²) in [5, 5.41) is 11.4. The second-order valence-corrected chi connectivity index (χ2v) is 5.86. The molecule has 2 heterocycles. The van der Waals surface area contributed by atoms with Gasteiger partial charge in [-0.05, 0) is 47.2 Å². The molecular formula is C18H14N6O3. The molecule has 0 aliphatic rings. The van der Waals surface area contributed by atoms with Crippen LogP contribution in [0.15, 0.2) is 53.6 Å². The van der Waals surface area contributed by atoms with E-state index in [2.05, 4.69) is 25.5 Å². The van der Waals surface area contributed by atoms with Crippen molar-refractivity contribution in [2.45, 2.75) is 13.5 Å². The number of rotatable bonds is 4. The van der Waals surface area contributed by atoms with Crippen LogP contribution in [0.5, 0.6) is 0 Å². The van der Waals surface area contributed by atoms with Crippen molar-refractivity contribution in [1.82, 2.24) is 30.2 Å². The SMILES string of the molecule is Cc1cccc2c(=O)[nH]c(COC(=O)c3cccc(-n4cnnn4)c3)nc12. The summed E-state index contributed by atoms with van der Waals surface area (Å²) in [6.07, 6.45) is 1.43. The average molecular weight is 362 g/mol. The molecule has 0 spiro atoms. The van der Waals surface area contributed by atoms with Crippen LogP contribution in [0.4, 0.5) is 0 Å². The fraction of sp³-hybridized carbons (Fsp3) is 0.111. The minimum atomic E-state index is -0.544. The number of hydrogen-bond donors (Lipinski definition) is 1. The fourth-order valence-electron chi connectivity index (χ4n) is 2.69. The van der Waals surface area contributed by atoms with Gasteiger partial charge in [0.05, 0.1) is 22.2 Å². The quantitative estimate of drug-likeness (QED) is 0.548. The molecule has 0 aliphatic carbocycles. The van der Waals surface area contributed by atoms with Gasteiger partial charge in [0, 0.05) is 0 Å². The van der Waals surface area contributed by atoms with E-state index in [1.165, 1.54) is 11.0 Å². The normalized spacial score (nSPS) is 10.9. The molecule has 0 saturated carbocycles. The van der Waals surface area contributed by atoms with Crippen LogP contribution in [0.25, 0.3) is 16.6 Å². The Morgan fingerprint density at radius 1 is 1.22 bits per heavy atom. The third-order valence-corrected chi connectivity index (χ3v) is 4.02. The molecule has 0 bridgehead atoms. The van der Waals surface area contributed by atoms with E-state index >= 15 is 0 Å². The Kier molecular flexibility index (Phi) is 4.17. The number of hydrogen-bond acceptors (Lipinski definition) is 7. The number of para-hydroxylation sites is 1. The third kappa shape index (κ3) is 3.30. The predicted octanol–water partition coefficient (Wildman–Crippen LogP) is 1.56. The predicted molar refractivity (Wildman–Crippen MR) is 95.4 cm³/mol. The number of aryl methyl sites for hydroxylation is 1. The second-order valence-electron chi connectivity index (χ2n) is 5.86. The van der Waals surface area contributed by atoms with Crippen molar-refractivity contribution in [3.05, 3.63) is 76.1 Å². The van der Waals surface area contributed by atoms with Gasteiger partial charge in [-0.25, -0.2) is 14.5 Å². The van der Waals surface area contributed by atoms with E-state index in [-0.39, 0.29) is 18.0 Å². The smallest absolute Gasteiger partial charge is 0.338 e. The molecule has 1 N–H and O–H groups in total. The lowest BCUT2D eigenvalue weighted by atomic mass is 10.1. The van der Waals surface area contributed by atoms with Crippen LogP contribution < -0.4 is 5.56 Å². The topological polar surface area (TPSA) is 116 Å². The molecule has 9 heteroatoms. The third-order valence-electron chi connectivity index (χ3n) is 4.02. The summed E-state index contributed by atoms with van der Waals surface area (Å²) in [4.78, 5) is 31.6. The average Bonchev–Trinajstić information content (AvgIpc) is 3.22. The molecular weight excluding hydrogens is 348 g/mol. The lowest BCUT2D eigenvalue weighted by molar-refractivity contribution is 0.0462. The van der Waals surface area contributed by atoms with E-state index in [1.807, 2.05) is 13.0 Å². The summed E-state index contributed by atoms with van der Waals surface area (Å²) >= 11 is 0. The Hall–Kier alpha value is -3.88. The Morgan fingerprint density at radius 2 is 2.07 bits per heavy atom. The molecule has 0 fully saturated rings. The lowest BCUT2D eigenvalue weighted by Gasteiger charge is -2.07. The molecule has 9 nitrogen and oxygen atoms in total. The Bertz CT molecular complexity index is 1180. The molecule has 134 valence electrons. The summed E-state index contributed by atoms with van der Waals surface area (Å²) in [7, 11) is 0. The number of H-pyrrole nitrogens is 1. The first-order chi connectivity index (χ1) is 13.1. The first kappa shape index (κ1) is 16.6. The van der Waals surface area contributed by atoms with E-state index in [0.717, 1.165) is 5.56 Å². The number of carbonyl (C=O) groups excluding carboxylic acids is 1. The zero-order valence-corrected chi connectivity index (χ0v) is 14.3. The standard InChI is InChI=1S/C18H14N6O3/c1-11-4-2-7-14-16(11)20-15(21-17(14)25)9-27-18(26)12-5-3-6-13(8-12)24-10-19-22-23-24/h2-8,10H,9H2,1H3,(H,20,21,25). The number of ether oxygens (including phenoxy) is 1. The van der Waals surface area contributed by atoms with Crippen molar-refractivity contribution in [3.63, 3.8) is 0 Å². The summed E-state index contributed by atoms with van der Waals surface area (Å²) in [5.41, 5.74) is 2.16. The van der Waals surface area contributed by atoms with Crippen LogP contribution in [0.2, 0.25) is 0 Å². The van der Waals surface area contributed by atoms with E-state index in [0.29, 0.717) is 22.2 Å². The van der Waals surface area contributed by atoms with Crippen LogP contribution in [0.3, 0.4) is 0 Å². The van der Waals surface area contributed by atoms with Crippen LogP contribution in [0.1, 0.15) is 21.7 Å². The number of fused-ring (bicyclic) bond motifs is 1. The van der Waals surface area contributed by atoms with Gasteiger partial charge in [-0.15, -0.1) is 5.10 Å². The lowest BCUT2D eigenvalue weighted by Crippen LogP contribution is -2.15. The summed E-state index contributed by atoms with van der Waals surface area (Å²) in [6, 6.07) is 12.1. The van der Waals surface area contributed by atoms with Crippen LogP contribution in [-0.2, 0) is 11.3 Å². The maximum atomic E-state index is 12.4. The van der Waals surface area contributed by atoms with Gasteiger partial charge in [0.15, 0.2) is 0 Å². The number of aromatic nitrogens is 6. The highest BCUT2D eigenvalue weighted by Gasteiger charge is 2.12. The van der Waals surface area contributed by atoms with E-state index in [9.17, 15) is 9.59 Å². The molecule has 0 radical (unpaired) electrons. The fourth-order valence-corrected chi connectivity index (χ4v) is 2.69. The number of benzene rings is 2. The number of esters is 1. The van der Waals surface area contributed by atoms with Crippen molar-refractivity contribution in [2.75, 3.05) is 0 Å². The maximum absolute atomic E-state index is 12.4. The summed E-state index contributed by atoms with van der Waals surface area (Å²) in [5.74, 6) is -0.260. The van der Waals surface area contributed by atoms with Crippen molar-refractivity contribution in [3.8, 4) is 5.69 Å². The molecule has 0 atom stereocenters. The van der Waals surface area contributed by atoms with Crippen molar-refractivity contribution in [1.29, 1.82) is 0 Å². The molecule has 0 unspecified atom stereocenters. The number of tetrazole rings is 1. The van der Waals surface area contributed by atoms with Crippen molar-refractivity contribution < 1.29 is 9.53 Å². The number of nitrogens with zero attached hydrogens (tertiary/aromatic N) is 5.